The molecule has 0 bridgehead atoms. The van der Waals surface area contributed by atoms with E-state index in [1.54, 1.807) is 35.6 Å². The second-order valence-electron chi connectivity index (χ2n) is 6.62. The number of ether oxygens (including phenoxy) is 1. The van der Waals surface area contributed by atoms with E-state index in [0.717, 1.165) is 17.3 Å². The number of hydrogen-bond acceptors (Lipinski definition) is 6. The van der Waals surface area contributed by atoms with E-state index in [0.29, 0.717) is 10.6 Å². The van der Waals surface area contributed by atoms with Crippen molar-refractivity contribution in [2.45, 2.75) is 18.0 Å². The fourth-order valence-corrected chi connectivity index (χ4v) is 3.18. The van der Waals surface area contributed by atoms with Gasteiger partial charge in [-0.05, 0) is 31.2 Å². The first-order valence-corrected chi connectivity index (χ1v) is 10.4. The number of carbonyl (C=O) groups excluding carboxylic acids is 4. The molecular weight excluding hydrogens is 463 g/mol. The Morgan fingerprint density at radius 1 is 0.970 bits per heavy atom. The monoisotopic (exact) mass is 483 g/mol. The van der Waals surface area contributed by atoms with E-state index in [1.165, 1.54) is 11.4 Å². The molecule has 33 heavy (non-hydrogen) atoms. The number of carbonyl (C=O) groups is 4. The molecule has 0 aliphatic carbocycles. The Morgan fingerprint density at radius 3 is 2.30 bits per heavy atom. The van der Waals surface area contributed by atoms with Crippen LogP contribution in [0.1, 0.15) is 15.9 Å². The number of amides is 4. The van der Waals surface area contributed by atoms with Crippen molar-refractivity contribution in [2.24, 2.45) is 0 Å². The first-order valence-electron chi connectivity index (χ1n) is 9.43. The van der Waals surface area contributed by atoms with Gasteiger partial charge in [0.1, 0.15) is 6.54 Å². The first kappa shape index (κ1) is 25.7. The Balaban J connectivity index is 1.85. The lowest BCUT2D eigenvalue weighted by Gasteiger charge is -2.11. The van der Waals surface area contributed by atoms with Gasteiger partial charge >= 0.3 is 18.2 Å². The predicted octanol–water partition coefficient (Wildman–Crippen LogP) is 3.27. The molecule has 0 radical (unpaired) electrons. The molecule has 8 nitrogen and oxygen atoms in total. The lowest BCUT2D eigenvalue weighted by Crippen LogP contribution is -2.44. The molecule has 0 heterocycles. The lowest BCUT2D eigenvalue weighted by molar-refractivity contribution is -0.125. The summed E-state index contributed by atoms with van der Waals surface area (Å²) in [6.45, 7) is -0.580. The maximum absolute atomic E-state index is 12.3. The van der Waals surface area contributed by atoms with Crippen LogP contribution in [-0.4, -0.2) is 48.9 Å². The van der Waals surface area contributed by atoms with Crippen LogP contribution in [0.4, 0.5) is 23.7 Å². The Bertz CT molecular complexity index is 1010. The zero-order valence-corrected chi connectivity index (χ0v) is 18.1. The summed E-state index contributed by atoms with van der Waals surface area (Å²) < 4.78 is 41.0. The lowest BCUT2D eigenvalue weighted by atomic mass is 10.2. The molecule has 0 atom stereocenters. The molecular formula is C21H20F3N3O5S. The van der Waals surface area contributed by atoms with Gasteiger partial charge in [0.05, 0.1) is 11.3 Å². The molecule has 0 spiro atoms. The summed E-state index contributed by atoms with van der Waals surface area (Å²) in [6, 6.07) is 12.1. The van der Waals surface area contributed by atoms with Crippen molar-refractivity contribution in [1.82, 2.24) is 10.6 Å². The van der Waals surface area contributed by atoms with Gasteiger partial charge in [-0.15, -0.1) is 11.8 Å². The molecule has 0 aliphatic rings. The molecule has 4 amide bonds. The Kier molecular flexibility index (Phi) is 9.28. The van der Waals surface area contributed by atoms with E-state index < -0.39 is 37.2 Å². The third-order valence-corrected chi connectivity index (χ3v) is 4.91. The summed E-state index contributed by atoms with van der Waals surface area (Å²) in [5.41, 5.74) is 1.76. The number of aryl methyl sites for hydroxylation is 1. The van der Waals surface area contributed by atoms with Crippen LogP contribution in [0.25, 0.3) is 0 Å². The third-order valence-electron chi connectivity index (χ3n) is 3.84. The number of imide groups is 1. The number of benzene rings is 2. The summed E-state index contributed by atoms with van der Waals surface area (Å²) >= 11 is 1.08. The summed E-state index contributed by atoms with van der Waals surface area (Å²) in [7, 11) is 0. The minimum absolute atomic E-state index is 0.00195. The van der Waals surface area contributed by atoms with Gasteiger partial charge in [0.2, 0.25) is 5.91 Å². The minimum Gasteiger partial charge on any atom is -0.452 e. The van der Waals surface area contributed by atoms with Crippen LogP contribution >= 0.6 is 11.8 Å². The number of halogens is 3. The molecule has 0 aliphatic heterocycles. The van der Waals surface area contributed by atoms with Gasteiger partial charge in [-0.25, -0.2) is 9.59 Å². The summed E-state index contributed by atoms with van der Waals surface area (Å²) in [5.74, 6) is -2.30. The molecule has 0 saturated carbocycles. The molecule has 2 aromatic rings. The smallest absolute Gasteiger partial charge is 0.405 e. The normalized spacial score (nSPS) is 10.8. The fourth-order valence-electron chi connectivity index (χ4n) is 2.33. The molecule has 12 heteroatoms. The van der Waals surface area contributed by atoms with Crippen LogP contribution < -0.4 is 16.0 Å². The highest BCUT2D eigenvalue weighted by Gasteiger charge is 2.28. The number of rotatable bonds is 8. The highest BCUT2D eigenvalue weighted by molar-refractivity contribution is 8.00. The van der Waals surface area contributed by atoms with Gasteiger partial charge < -0.3 is 15.4 Å². The van der Waals surface area contributed by atoms with Gasteiger partial charge in [-0.1, -0.05) is 29.8 Å². The van der Waals surface area contributed by atoms with E-state index in [4.69, 9.17) is 4.74 Å². The van der Waals surface area contributed by atoms with E-state index in [-0.39, 0.29) is 17.2 Å². The summed E-state index contributed by atoms with van der Waals surface area (Å²) in [6.07, 6.45) is -4.63. The molecule has 2 rings (SSSR count). The van der Waals surface area contributed by atoms with Crippen LogP contribution in [0, 0.1) is 6.92 Å². The molecule has 3 N–H and O–H groups in total. The maximum atomic E-state index is 12.3. The molecule has 0 aromatic heterocycles. The van der Waals surface area contributed by atoms with E-state index in [2.05, 4.69) is 5.32 Å². The average Bonchev–Trinajstić information content (AvgIpc) is 2.76. The van der Waals surface area contributed by atoms with E-state index >= 15 is 0 Å². The molecule has 176 valence electrons. The predicted molar refractivity (Wildman–Crippen MR) is 115 cm³/mol. The van der Waals surface area contributed by atoms with Crippen molar-refractivity contribution in [1.29, 1.82) is 0 Å². The van der Waals surface area contributed by atoms with Gasteiger partial charge in [0.25, 0.3) is 5.91 Å². The Morgan fingerprint density at radius 2 is 1.64 bits per heavy atom. The largest absolute Gasteiger partial charge is 0.452 e. The van der Waals surface area contributed by atoms with Gasteiger partial charge in [0, 0.05) is 10.6 Å². The second-order valence-corrected chi connectivity index (χ2v) is 7.64. The number of alkyl halides is 3. The van der Waals surface area contributed by atoms with Gasteiger partial charge in [-0.2, -0.15) is 13.2 Å². The van der Waals surface area contributed by atoms with Gasteiger partial charge in [0.15, 0.2) is 6.61 Å². The van der Waals surface area contributed by atoms with Crippen LogP contribution in [0.15, 0.2) is 53.4 Å². The summed E-state index contributed by atoms with van der Waals surface area (Å²) in [4.78, 5) is 47.8. The SMILES string of the molecule is Cc1ccc(NC(=O)CSc2ccccc2C(=O)OCC(=O)NC(=O)NCC(F)(F)F)cc1. The Hall–Kier alpha value is -3.54. The number of urea groups is 1. The van der Waals surface area contributed by atoms with Crippen LogP contribution in [0.3, 0.4) is 0 Å². The summed E-state index contributed by atoms with van der Waals surface area (Å²) in [5, 5.41) is 5.80. The van der Waals surface area contributed by atoms with Crippen LogP contribution in [0.5, 0.6) is 0 Å². The van der Waals surface area contributed by atoms with Crippen molar-refractivity contribution < 1.29 is 37.1 Å². The number of thioether (sulfide) groups is 1. The number of anilines is 1. The number of nitrogens with one attached hydrogen (secondary N) is 3. The van der Waals surface area contributed by atoms with Gasteiger partial charge in [-0.3, -0.25) is 14.9 Å². The highest BCUT2D eigenvalue weighted by Crippen LogP contribution is 2.23. The highest BCUT2D eigenvalue weighted by atomic mass is 32.2. The van der Waals surface area contributed by atoms with E-state index in [9.17, 15) is 32.3 Å². The van der Waals surface area contributed by atoms with Crippen molar-refractivity contribution in [2.75, 3.05) is 24.2 Å². The van der Waals surface area contributed by atoms with Crippen molar-refractivity contribution in [3.63, 3.8) is 0 Å². The zero-order chi connectivity index (χ0) is 24.4. The first-order chi connectivity index (χ1) is 15.5. The minimum atomic E-state index is -4.63. The van der Waals surface area contributed by atoms with Crippen molar-refractivity contribution in [3.8, 4) is 0 Å². The fraction of sp³-hybridized carbons (Fsp3) is 0.238. The number of esters is 1. The molecule has 0 unspecified atom stereocenters. The topological polar surface area (TPSA) is 114 Å². The zero-order valence-electron chi connectivity index (χ0n) is 17.3. The number of hydrogen-bond donors (Lipinski definition) is 3. The maximum Gasteiger partial charge on any atom is 0.405 e. The van der Waals surface area contributed by atoms with Crippen molar-refractivity contribution >= 4 is 41.3 Å². The van der Waals surface area contributed by atoms with Crippen LogP contribution in [0.2, 0.25) is 0 Å². The second kappa shape index (κ2) is 11.9. The van der Waals surface area contributed by atoms with E-state index in [1.807, 2.05) is 19.1 Å². The third kappa shape index (κ3) is 9.64. The average molecular weight is 483 g/mol. The quantitative estimate of drug-likeness (QED) is 0.392. The molecule has 2 aromatic carbocycles. The van der Waals surface area contributed by atoms with Crippen molar-refractivity contribution in [3.05, 3.63) is 59.7 Å². The molecule has 0 fully saturated rings. The standard InChI is InChI=1S/C21H20F3N3O5S/c1-13-6-8-14(9-7-13)26-18(29)11-33-16-5-3-2-4-15(16)19(30)32-10-17(28)27-20(31)25-12-21(22,23)24/h2-9H,10-12H2,1H3,(H,26,29)(H2,25,27,28,31). The molecule has 0 saturated heterocycles. The Labute approximate surface area is 191 Å². The van der Waals surface area contributed by atoms with Crippen LogP contribution in [-0.2, 0) is 14.3 Å².